The van der Waals surface area contributed by atoms with E-state index in [4.69, 9.17) is 22.7 Å². The Hall–Kier alpha value is -1.13. The van der Waals surface area contributed by atoms with Crippen LogP contribution in [0.5, 0.6) is 0 Å². The molecular weight excluding hydrogens is 232 g/mol. The average Bonchev–Trinajstić information content (AvgIpc) is 2.28. The minimum Gasteiger partial charge on any atom is -0.389 e. The van der Waals surface area contributed by atoms with Crippen LogP contribution in [0.3, 0.4) is 0 Å². The van der Waals surface area contributed by atoms with Crippen molar-refractivity contribution in [1.29, 1.82) is 0 Å². The van der Waals surface area contributed by atoms with Crippen LogP contribution in [0.15, 0.2) is 24.3 Å². The molecule has 1 saturated heterocycles. The van der Waals surface area contributed by atoms with Crippen molar-refractivity contribution in [1.82, 2.24) is 0 Å². The molecule has 1 heterocycles. The van der Waals surface area contributed by atoms with Crippen LogP contribution in [-0.4, -0.2) is 30.3 Å². The van der Waals surface area contributed by atoms with Crippen LogP contribution < -0.4 is 10.6 Å². The molecule has 0 unspecified atom stereocenters. The summed E-state index contributed by atoms with van der Waals surface area (Å²) >= 11 is 5.11. The van der Waals surface area contributed by atoms with Gasteiger partial charge in [-0.15, -0.1) is 0 Å². The molecule has 0 radical (unpaired) electrons. The number of thiocarbonyl (C=S) groups is 1. The van der Waals surface area contributed by atoms with Gasteiger partial charge < -0.3 is 15.4 Å². The molecule has 0 atom stereocenters. The Bertz CT molecular complexity index is 431. The normalized spacial score (nSPS) is 19.1. The van der Waals surface area contributed by atoms with Gasteiger partial charge in [0.15, 0.2) is 0 Å². The molecule has 0 spiro atoms. The molecule has 0 bridgehead atoms. The van der Waals surface area contributed by atoms with Gasteiger partial charge in [0.25, 0.3) is 0 Å². The Kier molecular flexibility index (Phi) is 3.35. The minimum atomic E-state index is -0.0286. The van der Waals surface area contributed by atoms with Crippen molar-refractivity contribution in [2.75, 3.05) is 24.7 Å². The highest BCUT2D eigenvalue weighted by atomic mass is 32.1. The van der Waals surface area contributed by atoms with Crippen LogP contribution in [0.4, 0.5) is 5.69 Å². The van der Waals surface area contributed by atoms with Crippen LogP contribution in [0.25, 0.3) is 0 Å². The molecule has 2 N–H and O–H groups in total. The van der Waals surface area contributed by atoms with Gasteiger partial charge in [0.1, 0.15) is 4.99 Å². The number of para-hydroxylation sites is 1. The predicted octanol–water partition coefficient (Wildman–Crippen LogP) is 1.94. The molecular formula is C13H18N2OS. The van der Waals surface area contributed by atoms with Gasteiger partial charge >= 0.3 is 0 Å². The highest BCUT2D eigenvalue weighted by Crippen LogP contribution is 2.29. The van der Waals surface area contributed by atoms with Crippen molar-refractivity contribution < 1.29 is 4.74 Å². The number of morpholine rings is 1. The van der Waals surface area contributed by atoms with E-state index in [1.807, 2.05) is 18.2 Å². The maximum Gasteiger partial charge on any atom is 0.106 e. The number of benzene rings is 1. The van der Waals surface area contributed by atoms with Crippen LogP contribution in [0.1, 0.15) is 19.4 Å². The summed E-state index contributed by atoms with van der Waals surface area (Å²) in [6.07, 6.45) is 0. The third-order valence-corrected chi connectivity index (χ3v) is 3.33. The Morgan fingerprint density at radius 3 is 2.76 bits per heavy atom. The summed E-state index contributed by atoms with van der Waals surface area (Å²) in [6.45, 7) is 6.67. The van der Waals surface area contributed by atoms with Crippen molar-refractivity contribution in [3.05, 3.63) is 29.8 Å². The maximum atomic E-state index is 5.78. The van der Waals surface area contributed by atoms with Gasteiger partial charge in [-0.3, -0.25) is 0 Å². The molecule has 0 amide bonds. The lowest BCUT2D eigenvalue weighted by Gasteiger charge is -2.44. The Balaban J connectivity index is 2.42. The Morgan fingerprint density at radius 2 is 2.12 bits per heavy atom. The average molecular weight is 250 g/mol. The van der Waals surface area contributed by atoms with Gasteiger partial charge in [0.05, 0.1) is 18.8 Å². The summed E-state index contributed by atoms with van der Waals surface area (Å²) in [5, 5.41) is 0. The van der Waals surface area contributed by atoms with Crippen LogP contribution in [-0.2, 0) is 4.74 Å². The van der Waals surface area contributed by atoms with E-state index in [2.05, 4.69) is 24.8 Å². The summed E-state index contributed by atoms with van der Waals surface area (Å²) in [7, 11) is 0. The van der Waals surface area contributed by atoms with E-state index in [9.17, 15) is 0 Å². The molecule has 1 aliphatic heterocycles. The van der Waals surface area contributed by atoms with E-state index < -0.39 is 0 Å². The Labute approximate surface area is 108 Å². The monoisotopic (exact) mass is 250 g/mol. The van der Waals surface area contributed by atoms with Crippen LogP contribution in [0, 0.1) is 0 Å². The van der Waals surface area contributed by atoms with Crippen molar-refractivity contribution in [3.8, 4) is 0 Å². The fourth-order valence-corrected chi connectivity index (χ4v) is 2.39. The summed E-state index contributed by atoms with van der Waals surface area (Å²) in [5.41, 5.74) is 7.80. The van der Waals surface area contributed by atoms with E-state index in [0.717, 1.165) is 31.0 Å². The van der Waals surface area contributed by atoms with Crippen LogP contribution in [0.2, 0.25) is 0 Å². The molecule has 92 valence electrons. The largest absolute Gasteiger partial charge is 0.389 e. The molecule has 1 aliphatic rings. The van der Waals surface area contributed by atoms with Gasteiger partial charge in [-0.05, 0) is 26.0 Å². The van der Waals surface area contributed by atoms with Gasteiger partial charge in [-0.2, -0.15) is 0 Å². The first kappa shape index (κ1) is 12.3. The number of ether oxygens (including phenoxy) is 1. The van der Waals surface area contributed by atoms with Gasteiger partial charge in [-0.1, -0.05) is 24.4 Å². The fraction of sp³-hybridized carbons (Fsp3) is 0.462. The van der Waals surface area contributed by atoms with E-state index in [0.29, 0.717) is 4.99 Å². The molecule has 1 aromatic rings. The lowest BCUT2D eigenvalue weighted by atomic mass is 9.99. The molecule has 0 aliphatic carbocycles. The number of anilines is 1. The van der Waals surface area contributed by atoms with E-state index in [-0.39, 0.29) is 5.54 Å². The second-order valence-electron chi connectivity index (χ2n) is 4.90. The predicted molar refractivity (Wildman–Crippen MR) is 74.6 cm³/mol. The fourth-order valence-electron chi connectivity index (χ4n) is 2.22. The van der Waals surface area contributed by atoms with Crippen molar-refractivity contribution in [3.63, 3.8) is 0 Å². The van der Waals surface area contributed by atoms with E-state index in [1.54, 1.807) is 0 Å². The molecule has 3 nitrogen and oxygen atoms in total. The highest BCUT2D eigenvalue weighted by molar-refractivity contribution is 7.80. The lowest BCUT2D eigenvalue weighted by molar-refractivity contribution is 0.0644. The molecule has 0 aromatic heterocycles. The third-order valence-electron chi connectivity index (χ3n) is 3.11. The summed E-state index contributed by atoms with van der Waals surface area (Å²) < 4.78 is 5.53. The SMILES string of the molecule is CC1(C)COCCN1c1ccccc1C(N)=S. The second kappa shape index (κ2) is 4.63. The van der Waals surface area contributed by atoms with Gasteiger partial charge in [0.2, 0.25) is 0 Å². The summed E-state index contributed by atoms with van der Waals surface area (Å²) in [4.78, 5) is 2.77. The molecule has 1 aromatic carbocycles. The number of hydrogen-bond donors (Lipinski definition) is 1. The number of nitrogens with zero attached hydrogens (tertiary/aromatic N) is 1. The molecule has 4 heteroatoms. The highest BCUT2D eigenvalue weighted by Gasteiger charge is 2.31. The first-order chi connectivity index (χ1) is 8.02. The quantitative estimate of drug-likeness (QED) is 0.814. The minimum absolute atomic E-state index is 0.0286. The van der Waals surface area contributed by atoms with Gasteiger partial charge in [0, 0.05) is 17.8 Å². The van der Waals surface area contributed by atoms with E-state index >= 15 is 0 Å². The zero-order valence-electron chi connectivity index (χ0n) is 10.3. The summed E-state index contributed by atoms with van der Waals surface area (Å²) in [6, 6.07) is 8.03. The maximum absolute atomic E-state index is 5.78. The molecule has 17 heavy (non-hydrogen) atoms. The first-order valence-corrected chi connectivity index (χ1v) is 6.17. The third kappa shape index (κ3) is 2.42. The number of hydrogen-bond acceptors (Lipinski definition) is 3. The second-order valence-corrected chi connectivity index (χ2v) is 5.34. The topological polar surface area (TPSA) is 38.5 Å². The van der Waals surface area contributed by atoms with Crippen molar-refractivity contribution in [2.45, 2.75) is 19.4 Å². The summed E-state index contributed by atoms with van der Waals surface area (Å²) in [5.74, 6) is 0. The molecule has 1 fully saturated rings. The zero-order chi connectivity index (χ0) is 12.5. The Morgan fingerprint density at radius 1 is 1.41 bits per heavy atom. The zero-order valence-corrected chi connectivity index (χ0v) is 11.1. The smallest absolute Gasteiger partial charge is 0.106 e. The van der Waals surface area contributed by atoms with Crippen molar-refractivity contribution >= 4 is 22.9 Å². The van der Waals surface area contributed by atoms with Gasteiger partial charge in [-0.25, -0.2) is 0 Å². The number of rotatable bonds is 2. The standard InChI is InChI=1S/C13H18N2OS/c1-13(2)9-16-8-7-15(13)11-6-4-3-5-10(11)12(14)17/h3-6H,7-9H2,1-2H3,(H2,14,17). The van der Waals surface area contributed by atoms with E-state index in [1.165, 1.54) is 0 Å². The first-order valence-electron chi connectivity index (χ1n) is 5.76. The molecule has 0 saturated carbocycles. The van der Waals surface area contributed by atoms with Crippen molar-refractivity contribution in [2.24, 2.45) is 5.73 Å². The molecule has 2 rings (SSSR count). The number of nitrogens with two attached hydrogens (primary N) is 1. The van der Waals surface area contributed by atoms with Crippen LogP contribution >= 0.6 is 12.2 Å². The lowest BCUT2D eigenvalue weighted by Crippen LogP contribution is -2.53.